The van der Waals surface area contributed by atoms with Crippen molar-refractivity contribution in [2.75, 3.05) is 6.54 Å². The fourth-order valence-corrected chi connectivity index (χ4v) is 1.35. The molecule has 1 amide bonds. The van der Waals surface area contributed by atoms with E-state index in [1.807, 2.05) is 0 Å². The van der Waals surface area contributed by atoms with Crippen LogP contribution < -0.4 is 11.1 Å². The predicted molar refractivity (Wildman–Crippen MR) is 66.7 cm³/mol. The van der Waals surface area contributed by atoms with Crippen LogP contribution in [-0.2, 0) is 4.74 Å². The van der Waals surface area contributed by atoms with Gasteiger partial charge in [0.1, 0.15) is 5.60 Å². The van der Waals surface area contributed by atoms with Crippen molar-refractivity contribution in [3.63, 3.8) is 0 Å². The van der Waals surface area contributed by atoms with Gasteiger partial charge in [0.15, 0.2) is 0 Å². The van der Waals surface area contributed by atoms with Gasteiger partial charge >= 0.3 is 6.09 Å². The van der Waals surface area contributed by atoms with Crippen molar-refractivity contribution >= 4 is 6.09 Å². The Morgan fingerprint density at radius 3 is 2.39 bits per heavy atom. The van der Waals surface area contributed by atoms with Gasteiger partial charge in [0.25, 0.3) is 5.92 Å². The number of rotatable bonds is 6. The highest BCUT2D eigenvalue weighted by Gasteiger charge is 2.26. The Labute approximate surface area is 107 Å². The summed E-state index contributed by atoms with van der Waals surface area (Å²) in [5.41, 5.74) is 4.37. The van der Waals surface area contributed by atoms with Crippen LogP contribution in [0.25, 0.3) is 0 Å². The van der Waals surface area contributed by atoms with Gasteiger partial charge in [-0.2, -0.15) is 0 Å². The molecule has 0 aliphatic carbocycles. The Kier molecular flexibility index (Phi) is 6.52. The molecule has 0 unspecified atom stereocenters. The molecule has 0 rings (SSSR count). The Hall–Kier alpha value is -0.910. The van der Waals surface area contributed by atoms with Crippen LogP contribution >= 0.6 is 0 Å². The molecule has 4 nitrogen and oxygen atoms in total. The quantitative estimate of drug-likeness (QED) is 0.776. The van der Waals surface area contributed by atoms with E-state index in [9.17, 15) is 13.6 Å². The largest absolute Gasteiger partial charge is 0.444 e. The predicted octanol–water partition coefficient (Wildman–Crippen LogP) is 2.66. The Bertz CT molecular complexity index is 265. The number of hydrogen-bond acceptors (Lipinski definition) is 3. The van der Waals surface area contributed by atoms with Crippen LogP contribution in [0.4, 0.5) is 13.6 Å². The lowest BCUT2D eigenvalue weighted by Gasteiger charge is -2.22. The Morgan fingerprint density at radius 1 is 1.39 bits per heavy atom. The number of alkyl halides is 2. The minimum Gasteiger partial charge on any atom is -0.444 e. The number of halogens is 2. The van der Waals surface area contributed by atoms with Crippen LogP contribution in [-0.4, -0.2) is 30.2 Å². The maximum atomic E-state index is 12.9. The average molecular weight is 266 g/mol. The molecule has 0 heterocycles. The molecule has 0 saturated carbocycles. The van der Waals surface area contributed by atoms with Gasteiger partial charge in [0, 0.05) is 12.5 Å². The van der Waals surface area contributed by atoms with Crippen LogP contribution in [0, 0.1) is 0 Å². The standard InChI is InChI=1S/C12H24F2N2O2/c1-9(6-5-7-12(13,14)8-15)16-10(17)18-11(2,3)4/h9H,5-8,15H2,1-4H3,(H,16,17)/t9-/m0/s1. The van der Waals surface area contributed by atoms with Crippen molar-refractivity contribution in [3.8, 4) is 0 Å². The van der Waals surface area contributed by atoms with Gasteiger partial charge in [-0.1, -0.05) is 0 Å². The summed E-state index contributed by atoms with van der Waals surface area (Å²) in [6.07, 6.45) is -0.0135. The first-order chi connectivity index (χ1) is 8.06. The minimum atomic E-state index is -2.81. The van der Waals surface area contributed by atoms with Crippen molar-refractivity contribution < 1.29 is 18.3 Å². The maximum Gasteiger partial charge on any atom is 0.407 e. The summed E-state index contributed by atoms with van der Waals surface area (Å²) in [7, 11) is 0. The summed E-state index contributed by atoms with van der Waals surface area (Å²) in [5, 5.41) is 2.60. The molecule has 0 aromatic rings. The lowest BCUT2D eigenvalue weighted by atomic mass is 10.1. The van der Waals surface area contributed by atoms with Gasteiger partial charge in [-0.25, -0.2) is 13.6 Å². The third-order valence-corrected chi connectivity index (χ3v) is 2.24. The van der Waals surface area contributed by atoms with Crippen molar-refractivity contribution in [1.82, 2.24) is 5.32 Å². The number of alkyl carbamates (subject to hydrolysis) is 1. The van der Waals surface area contributed by atoms with E-state index in [0.717, 1.165) is 0 Å². The van der Waals surface area contributed by atoms with E-state index in [4.69, 9.17) is 10.5 Å². The van der Waals surface area contributed by atoms with Crippen molar-refractivity contribution in [3.05, 3.63) is 0 Å². The zero-order chi connectivity index (χ0) is 14.4. The lowest BCUT2D eigenvalue weighted by Crippen LogP contribution is -2.38. The molecule has 108 valence electrons. The first kappa shape index (κ1) is 17.1. The molecular weight excluding hydrogens is 242 g/mol. The molecule has 0 aromatic heterocycles. The smallest absolute Gasteiger partial charge is 0.407 e. The van der Waals surface area contributed by atoms with Crippen LogP contribution in [0.15, 0.2) is 0 Å². The van der Waals surface area contributed by atoms with E-state index in [0.29, 0.717) is 12.8 Å². The fourth-order valence-electron chi connectivity index (χ4n) is 1.35. The summed E-state index contributed by atoms with van der Waals surface area (Å²) in [4.78, 5) is 11.4. The molecule has 18 heavy (non-hydrogen) atoms. The second-order valence-electron chi connectivity index (χ2n) is 5.50. The van der Waals surface area contributed by atoms with E-state index >= 15 is 0 Å². The molecule has 0 aliphatic heterocycles. The number of carbonyl (C=O) groups excluding carboxylic acids is 1. The van der Waals surface area contributed by atoms with Gasteiger partial charge in [0.2, 0.25) is 0 Å². The number of hydrogen-bond donors (Lipinski definition) is 2. The maximum absolute atomic E-state index is 12.9. The van der Waals surface area contributed by atoms with Gasteiger partial charge < -0.3 is 15.8 Å². The van der Waals surface area contributed by atoms with Gasteiger partial charge in [0.05, 0.1) is 6.54 Å². The van der Waals surface area contributed by atoms with Gasteiger partial charge in [-0.3, -0.25) is 0 Å². The minimum absolute atomic E-state index is 0.201. The highest BCUT2D eigenvalue weighted by molar-refractivity contribution is 5.67. The summed E-state index contributed by atoms with van der Waals surface area (Å²) >= 11 is 0. The molecular formula is C12H24F2N2O2. The number of nitrogens with one attached hydrogen (secondary N) is 1. The van der Waals surface area contributed by atoms with Crippen LogP contribution in [0.3, 0.4) is 0 Å². The number of nitrogens with two attached hydrogens (primary N) is 1. The first-order valence-electron chi connectivity index (χ1n) is 6.13. The second-order valence-corrected chi connectivity index (χ2v) is 5.50. The molecule has 6 heteroatoms. The molecule has 0 aliphatic rings. The van der Waals surface area contributed by atoms with E-state index in [2.05, 4.69) is 5.32 Å². The molecule has 3 N–H and O–H groups in total. The van der Waals surface area contributed by atoms with E-state index in [1.165, 1.54) is 0 Å². The summed E-state index contributed by atoms with van der Waals surface area (Å²) < 4.78 is 30.8. The molecule has 1 atom stereocenters. The summed E-state index contributed by atoms with van der Waals surface area (Å²) in [6.45, 7) is 6.41. The van der Waals surface area contributed by atoms with Crippen LogP contribution in [0.1, 0.15) is 47.0 Å². The van der Waals surface area contributed by atoms with Gasteiger partial charge in [-0.15, -0.1) is 0 Å². The number of ether oxygens (including phenoxy) is 1. The fraction of sp³-hybridized carbons (Fsp3) is 0.917. The lowest BCUT2D eigenvalue weighted by molar-refractivity contribution is -0.000744. The molecule has 0 aromatic carbocycles. The number of carbonyl (C=O) groups is 1. The highest BCUT2D eigenvalue weighted by atomic mass is 19.3. The zero-order valence-electron chi connectivity index (χ0n) is 11.6. The third-order valence-electron chi connectivity index (χ3n) is 2.24. The molecule has 0 bridgehead atoms. The highest BCUT2D eigenvalue weighted by Crippen LogP contribution is 2.20. The normalized spacial score (nSPS) is 14.2. The van der Waals surface area contributed by atoms with Crippen LogP contribution in [0.5, 0.6) is 0 Å². The van der Waals surface area contributed by atoms with E-state index in [-0.39, 0.29) is 12.5 Å². The molecule has 0 saturated heterocycles. The third kappa shape index (κ3) is 9.15. The molecule has 0 fully saturated rings. The van der Waals surface area contributed by atoms with Crippen LogP contribution in [0.2, 0.25) is 0 Å². The Morgan fingerprint density at radius 2 is 1.94 bits per heavy atom. The average Bonchev–Trinajstić information content (AvgIpc) is 2.13. The second kappa shape index (κ2) is 6.87. The monoisotopic (exact) mass is 266 g/mol. The Balaban J connectivity index is 3.85. The van der Waals surface area contributed by atoms with Gasteiger partial charge in [-0.05, 0) is 40.5 Å². The number of amides is 1. The zero-order valence-corrected chi connectivity index (χ0v) is 11.6. The molecule has 0 spiro atoms. The van der Waals surface area contributed by atoms with E-state index < -0.39 is 24.2 Å². The SMILES string of the molecule is C[C@@H](CCCC(F)(F)CN)NC(=O)OC(C)(C)C. The first-order valence-corrected chi connectivity index (χ1v) is 6.13. The molecule has 0 radical (unpaired) electrons. The van der Waals surface area contributed by atoms with Crippen molar-refractivity contribution in [2.45, 2.75) is 64.5 Å². The van der Waals surface area contributed by atoms with Crippen molar-refractivity contribution in [2.24, 2.45) is 5.73 Å². The van der Waals surface area contributed by atoms with Crippen molar-refractivity contribution in [1.29, 1.82) is 0 Å². The van der Waals surface area contributed by atoms with E-state index in [1.54, 1.807) is 27.7 Å². The topological polar surface area (TPSA) is 64.3 Å². The summed E-state index contributed by atoms with van der Waals surface area (Å²) in [6, 6.07) is -0.201. The summed E-state index contributed by atoms with van der Waals surface area (Å²) in [5.74, 6) is -2.81.